The van der Waals surface area contributed by atoms with Crippen LogP contribution in [0.2, 0.25) is 0 Å². The summed E-state index contributed by atoms with van der Waals surface area (Å²) in [6.07, 6.45) is -6.68. The fourth-order valence-electron chi connectivity index (χ4n) is 8.23. The van der Waals surface area contributed by atoms with E-state index in [0.29, 0.717) is 42.0 Å². The third kappa shape index (κ3) is 6.38. The van der Waals surface area contributed by atoms with E-state index in [1.807, 2.05) is 0 Å². The minimum Gasteiger partial charge on any atom is -0.487 e. The average molecular weight is 654 g/mol. The van der Waals surface area contributed by atoms with E-state index in [0.717, 1.165) is 24.6 Å². The quantitative estimate of drug-likeness (QED) is 0.232. The Balaban J connectivity index is 1.29. The molecule has 3 aromatic carbocycles. The highest BCUT2D eigenvalue weighted by Gasteiger charge is 2.63. The number of benzene rings is 3. The summed E-state index contributed by atoms with van der Waals surface area (Å²) >= 11 is 0. The number of fused-ring (bicyclic) bond motifs is 1. The van der Waals surface area contributed by atoms with Gasteiger partial charge in [0.15, 0.2) is 0 Å². The molecule has 7 rings (SSSR count). The van der Waals surface area contributed by atoms with Crippen molar-refractivity contribution in [3.63, 3.8) is 0 Å². The number of alkyl halides is 6. The van der Waals surface area contributed by atoms with Crippen LogP contribution in [0, 0.1) is 23.1 Å². The second-order valence-corrected chi connectivity index (χ2v) is 12.9. The zero-order chi connectivity index (χ0) is 33.1. The number of carboxylic acids is 1. The van der Waals surface area contributed by atoms with Crippen LogP contribution in [0.25, 0.3) is 10.8 Å². The van der Waals surface area contributed by atoms with E-state index in [2.05, 4.69) is 5.32 Å². The third-order valence-electron chi connectivity index (χ3n) is 9.57. The number of hydrogen-bond acceptors (Lipinski definition) is 4. The smallest absolute Gasteiger partial charge is 0.416 e. The van der Waals surface area contributed by atoms with Gasteiger partial charge < -0.3 is 19.9 Å². The maximum absolute atomic E-state index is 14.0. The second kappa shape index (κ2) is 11.4. The molecule has 4 aliphatic rings. The van der Waals surface area contributed by atoms with E-state index in [-0.39, 0.29) is 36.2 Å². The number of nitrogens with one attached hydrogen (secondary N) is 1. The van der Waals surface area contributed by atoms with Crippen LogP contribution in [0.1, 0.15) is 60.0 Å². The van der Waals surface area contributed by atoms with Crippen LogP contribution >= 0.6 is 0 Å². The second-order valence-electron chi connectivity index (χ2n) is 12.9. The van der Waals surface area contributed by atoms with E-state index >= 15 is 0 Å². The highest BCUT2D eigenvalue weighted by Crippen LogP contribution is 2.64. The van der Waals surface area contributed by atoms with E-state index in [1.165, 1.54) is 36.4 Å². The Bertz CT molecular complexity index is 1640. The first kappa shape index (κ1) is 32.1. The van der Waals surface area contributed by atoms with Crippen molar-refractivity contribution in [1.29, 1.82) is 0 Å². The minimum atomic E-state index is -4.55. The number of rotatable bonds is 9. The zero-order valence-electron chi connectivity index (χ0n) is 24.3. The Morgan fingerprint density at radius 2 is 1.61 bits per heavy atom. The highest BCUT2D eigenvalue weighted by molar-refractivity contribution is 6.05. The number of ether oxygens (including phenoxy) is 2. The van der Waals surface area contributed by atoms with Gasteiger partial charge >= 0.3 is 18.3 Å². The Morgan fingerprint density at radius 1 is 0.935 bits per heavy atom. The predicted molar refractivity (Wildman–Crippen MR) is 150 cm³/mol. The van der Waals surface area contributed by atoms with Gasteiger partial charge in [-0.25, -0.2) is 9.18 Å². The lowest BCUT2D eigenvalue weighted by Gasteiger charge is -2.63. The van der Waals surface area contributed by atoms with Crippen molar-refractivity contribution in [2.45, 2.75) is 69.1 Å². The molecule has 246 valence electrons. The molecule has 4 bridgehead atoms. The van der Waals surface area contributed by atoms with Crippen molar-refractivity contribution in [1.82, 2.24) is 5.32 Å². The van der Waals surface area contributed by atoms with Gasteiger partial charge in [0.2, 0.25) is 0 Å². The van der Waals surface area contributed by atoms with Gasteiger partial charge in [-0.05, 0) is 97.7 Å². The summed E-state index contributed by atoms with van der Waals surface area (Å²) < 4.78 is 104. The number of carbonyl (C=O) groups excluding carboxylic acids is 1. The first-order valence-electron chi connectivity index (χ1n) is 14.8. The van der Waals surface area contributed by atoms with Crippen LogP contribution in [0.5, 0.6) is 5.75 Å². The average Bonchev–Trinajstić information content (AvgIpc) is 2.96. The monoisotopic (exact) mass is 653 g/mol. The first-order chi connectivity index (χ1) is 21.5. The molecule has 4 saturated carbocycles. The Labute approximate surface area is 258 Å². The molecule has 13 heteroatoms. The van der Waals surface area contributed by atoms with Crippen molar-refractivity contribution in [3.05, 3.63) is 77.1 Å². The molecule has 1 amide bonds. The number of carboxylic acid groups (broad SMARTS) is 1. The maximum atomic E-state index is 14.0. The molecule has 3 aromatic rings. The standard InChI is InChI=1S/C33H30F7NO5/c34-23-6-8-24-21(10-23)3-7-25(26(24)45-15-18-1-4-22(5-2-18)33(38,39)40)28(42)41-27(29(43)44)30-11-19-9-20(12-30)14-31(13-19,16-30)46-17-32(35,36)37/h1-8,10,19-20,27H,9,11-17H2,(H,41,42)(H,43,44)/t19?,20?,27-,30?,31?/m1/s1. The fraction of sp³-hybridized carbons (Fsp3) is 0.455. The van der Waals surface area contributed by atoms with E-state index in [9.17, 15) is 45.4 Å². The molecule has 0 aliphatic heterocycles. The maximum Gasteiger partial charge on any atom is 0.416 e. The topological polar surface area (TPSA) is 84.9 Å². The molecule has 4 aliphatic carbocycles. The molecule has 4 fully saturated rings. The van der Waals surface area contributed by atoms with Crippen LogP contribution in [-0.4, -0.2) is 41.4 Å². The van der Waals surface area contributed by atoms with Gasteiger partial charge in [0.1, 0.15) is 30.8 Å². The molecule has 0 spiro atoms. The molecule has 0 radical (unpaired) electrons. The summed E-state index contributed by atoms with van der Waals surface area (Å²) in [5.41, 5.74) is -2.78. The lowest BCUT2D eigenvalue weighted by atomic mass is 9.46. The van der Waals surface area contributed by atoms with Gasteiger partial charge in [-0.3, -0.25) is 4.79 Å². The van der Waals surface area contributed by atoms with Crippen LogP contribution < -0.4 is 10.1 Å². The van der Waals surface area contributed by atoms with Gasteiger partial charge in [-0.15, -0.1) is 0 Å². The zero-order valence-corrected chi connectivity index (χ0v) is 24.3. The van der Waals surface area contributed by atoms with Crippen LogP contribution in [-0.2, 0) is 22.3 Å². The minimum absolute atomic E-state index is 0.0328. The number of hydrogen-bond donors (Lipinski definition) is 2. The Morgan fingerprint density at radius 3 is 2.22 bits per heavy atom. The highest BCUT2D eigenvalue weighted by atomic mass is 19.4. The van der Waals surface area contributed by atoms with Gasteiger partial charge in [0, 0.05) is 10.8 Å². The number of carbonyl (C=O) groups is 2. The van der Waals surface area contributed by atoms with Crippen LogP contribution in [0.15, 0.2) is 54.6 Å². The van der Waals surface area contributed by atoms with Crippen molar-refractivity contribution in [2.75, 3.05) is 6.61 Å². The Hall–Kier alpha value is -3.87. The number of halogens is 7. The SMILES string of the molecule is O=C(N[C@H](C(=O)O)C12CC3CC(CC(OCC(F)(F)F)(C3)C1)C2)c1ccc2cc(F)ccc2c1OCc1ccc(C(F)(F)F)cc1. The van der Waals surface area contributed by atoms with Crippen molar-refractivity contribution in [3.8, 4) is 5.75 Å². The van der Waals surface area contributed by atoms with Crippen molar-refractivity contribution in [2.24, 2.45) is 17.3 Å². The largest absolute Gasteiger partial charge is 0.487 e. The molecule has 2 unspecified atom stereocenters. The molecule has 0 saturated heterocycles. The number of amides is 1. The summed E-state index contributed by atoms with van der Waals surface area (Å²) in [6.45, 7) is -1.70. The van der Waals surface area contributed by atoms with Crippen LogP contribution in [0.3, 0.4) is 0 Å². The molecule has 0 heterocycles. The normalized spacial score (nSPS) is 26.2. The molecule has 46 heavy (non-hydrogen) atoms. The van der Waals surface area contributed by atoms with Crippen molar-refractivity contribution >= 4 is 22.6 Å². The molecular formula is C33H30F7NO5. The lowest BCUT2D eigenvalue weighted by Crippen LogP contribution is -2.65. The number of aliphatic carboxylic acids is 1. The molecule has 2 N–H and O–H groups in total. The van der Waals surface area contributed by atoms with E-state index < -0.39 is 59.3 Å². The molecular weight excluding hydrogens is 623 g/mol. The third-order valence-corrected chi connectivity index (χ3v) is 9.57. The van der Waals surface area contributed by atoms with Crippen molar-refractivity contribution < 1.29 is 54.9 Å². The summed E-state index contributed by atoms with van der Waals surface area (Å²) in [5, 5.41) is 13.7. The summed E-state index contributed by atoms with van der Waals surface area (Å²) in [4.78, 5) is 26.6. The summed E-state index contributed by atoms with van der Waals surface area (Å²) in [7, 11) is 0. The van der Waals surface area contributed by atoms with Crippen LogP contribution in [0.4, 0.5) is 30.7 Å². The van der Waals surface area contributed by atoms with Gasteiger partial charge in [-0.2, -0.15) is 26.3 Å². The molecule has 0 aromatic heterocycles. The van der Waals surface area contributed by atoms with E-state index in [1.54, 1.807) is 0 Å². The molecule has 6 nitrogen and oxygen atoms in total. The van der Waals surface area contributed by atoms with Gasteiger partial charge in [-0.1, -0.05) is 18.2 Å². The fourth-order valence-corrected chi connectivity index (χ4v) is 8.23. The first-order valence-corrected chi connectivity index (χ1v) is 14.8. The molecule has 3 atom stereocenters. The lowest BCUT2D eigenvalue weighted by molar-refractivity contribution is -0.252. The van der Waals surface area contributed by atoms with Gasteiger partial charge in [0.05, 0.1) is 16.7 Å². The summed E-state index contributed by atoms with van der Waals surface area (Å²) in [5.74, 6) is -2.86. The van der Waals surface area contributed by atoms with Gasteiger partial charge in [0.25, 0.3) is 5.91 Å². The van der Waals surface area contributed by atoms with E-state index in [4.69, 9.17) is 9.47 Å². The predicted octanol–water partition coefficient (Wildman–Crippen LogP) is 7.68. The summed E-state index contributed by atoms with van der Waals surface area (Å²) in [6, 6.07) is 9.28. The Kier molecular flexibility index (Phi) is 7.97.